The summed E-state index contributed by atoms with van der Waals surface area (Å²) in [7, 11) is 0. The molecule has 19 heavy (non-hydrogen) atoms. The molecule has 0 bridgehead atoms. The van der Waals surface area contributed by atoms with E-state index in [-0.39, 0.29) is 5.91 Å². The van der Waals surface area contributed by atoms with Gasteiger partial charge in [-0.25, -0.2) is 0 Å². The SMILES string of the molecule is N#Cc1ccc(N2CCNC(=O)C2)c2ccccc12. The van der Waals surface area contributed by atoms with Crippen molar-refractivity contribution in [3.63, 3.8) is 0 Å². The van der Waals surface area contributed by atoms with Crippen LogP contribution in [0.2, 0.25) is 0 Å². The highest BCUT2D eigenvalue weighted by Crippen LogP contribution is 2.29. The summed E-state index contributed by atoms with van der Waals surface area (Å²) in [6.07, 6.45) is 0. The summed E-state index contributed by atoms with van der Waals surface area (Å²) >= 11 is 0. The minimum Gasteiger partial charge on any atom is -0.360 e. The van der Waals surface area contributed by atoms with Crippen molar-refractivity contribution in [2.75, 3.05) is 24.5 Å². The number of nitrogens with zero attached hydrogens (tertiary/aromatic N) is 2. The Hall–Kier alpha value is -2.54. The number of hydrogen-bond donors (Lipinski definition) is 1. The van der Waals surface area contributed by atoms with E-state index in [9.17, 15) is 4.79 Å². The average Bonchev–Trinajstić information content (AvgIpc) is 2.46. The normalized spacial score (nSPS) is 15.1. The first-order valence-electron chi connectivity index (χ1n) is 6.23. The van der Waals surface area contributed by atoms with Crippen LogP contribution in [0.3, 0.4) is 0 Å². The highest BCUT2D eigenvalue weighted by Gasteiger charge is 2.18. The molecular formula is C15H13N3O. The maximum atomic E-state index is 11.5. The second-order valence-corrected chi connectivity index (χ2v) is 4.56. The van der Waals surface area contributed by atoms with Crippen LogP contribution in [0.15, 0.2) is 36.4 Å². The van der Waals surface area contributed by atoms with Gasteiger partial charge in [-0.05, 0) is 12.1 Å². The molecule has 1 heterocycles. The molecule has 2 aromatic carbocycles. The molecule has 0 unspecified atom stereocenters. The molecule has 2 aromatic rings. The summed E-state index contributed by atoms with van der Waals surface area (Å²) in [5, 5.41) is 13.9. The highest BCUT2D eigenvalue weighted by atomic mass is 16.2. The Morgan fingerprint density at radius 2 is 1.95 bits per heavy atom. The zero-order chi connectivity index (χ0) is 13.2. The lowest BCUT2D eigenvalue weighted by Gasteiger charge is -2.29. The Morgan fingerprint density at radius 3 is 2.68 bits per heavy atom. The number of piperazine rings is 1. The third-order valence-electron chi connectivity index (χ3n) is 3.40. The molecule has 3 rings (SSSR count). The first-order valence-corrected chi connectivity index (χ1v) is 6.23. The second kappa shape index (κ2) is 4.62. The van der Waals surface area contributed by atoms with E-state index in [1.165, 1.54) is 0 Å². The summed E-state index contributed by atoms with van der Waals surface area (Å²) in [4.78, 5) is 13.6. The van der Waals surface area contributed by atoms with E-state index in [4.69, 9.17) is 5.26 Å². The van der Waals surface area contributed by atoms with Crippen LogP contribution >= 0.6 is 0 Å². The Morgan fingerprint density at radius 1 is 1.16 bits per heavy atom. The van der Waals surface area contributed by atoms with Crippen LogP contribution in [0.25, 0.3) is 10.8 Å². The van der Waals surface area contributed by atoms with Gasteiger partial charge in [0.2, 0.25) is 5.91 Å². The lowest BCUT2D eigenvalue weighted by atomic mass is 10.0. The molecule has 1 saturated heterocycles. The van der Waals surface area contributed by atoms with Gasteiger partial charge in [0.25, 0.3) is 0 Å². The van der Waals surface area contributed by atoms with E-state index >= 15 is 0 Å². The Balaban J connectivity index is 2.14. The fourth-order valence-corrected chi connectivity index (χ4v) is 2.50. The maximum Gasteiger partial charge on any atom is 0.239 e. The third kappa shape index (κ3) is 2.00. The summed E-state index contributed by atoms with van der Waals surface area (Å²) in [5.74, 6) is 0.0414. The fourth-order valence-electron chi connectivity index (χ4n) is 2.50. The number of carbonyl (C=O) groups excluding carboxylic acids is 1. The number of rotatable bonds is 1. The van der Waals surface area contributed by atoms with Crippen LogP contribution in [0.1, 0.15) is 5.56 Å². The van der Waals surface area contributed by atoms with Gasteiger partial charge in [0.1, 0.15) is 0 Å². The molecule has 0 radical (unpaired) electrons. The molecule has 94 valence electrons. The predicted octanol–water partition coefficient (Wildman–Crippen LogP) is 1.65. The minimum atomic E-state index is 0.0414. The van der Waals surface area contributed by atoms with E-state index < -0.39 is 0 Å². The lowest BCUT2D eigenvalue weighted by Crippen LogP contribution is -2.47. The number of carbonyl (C=O) groups is 1. The summed E-state index contributed by atoms with van der Waals surface area (Å²) in [6, 6.07) is 13.8. The standard InChI is InChI=1S/C15H13N3O/c16-9-11-5-6-14(13-4-2-1-3-12(11)13)18-8-7-17-15(19)10-18/h1-6H,7-8,10H2,(H,17,19). The van der Waals surface area contributed by atoms with Crippen LogP contribution < -0.4 is 10.2 Å². The number of amides is 1. The van der Waals surface area contributed by atoms with E-state index in [0.29, 0.717) is 18.7 Å². The van der Waals surface area contributed by atoms with Crippen molar-refractivity contribution < 1.29 is 4.79 Å². The van der Waals surface area contributed by atoms with E-state index in [1.54, 1.807) is 0 Å². The molecule has 4 heteroatoms. The van der Waals surface area contributed by atoms with Gasteiger partial charge < -0.3 is 10.2 Å². The lowest BCUT2D eigenvalue weighted by molar-refractivity contribution is -0.120. The topological polar surface area (TPSA) is 56.1 Å². The summed E-state index contributed by atoms with van der Waals surface area (Å²) in [6.45, 7) is 1.82. The predicted molar refractivity (Wildman–Crippen MR) is 73.9 cm³/mol. The second-order valence-electron chi connectivity index (χ2n) is 4.56. The molecule has 0 spiro atoms. The van der Waals surface area contributed by atoms with Crippen LogP contribution in [0, 0.1) is 11.3 Å². The maximum absolute atomic E-state index is 11.5. The average molecular weight is 251 g/mol. The van der Waals surface area contributed by atoms with Gasteiger partial charge in [-0.1, -0.05) is 24.3 Å². The first-order chi connectivity index (χ1) is 9.29. The monoisotopic (exact) mass is 251 g/mol. The number of anilines is 1. The van der Waals surface area contributed by atoms with Crippen molar-refractivity contribution >= 4 is 22.4 Å². The highest BCUT2D eigenvalue weighted by molar-refractivity contribution is 5.99. The Labute approximate surface area is 111 Å². The fraction of sp³-hybridized carbons (Fsp3) is 0.200. The first kappa shape index (κ1) is 11.5. The van der Waals surface area contributed by atoms with Crippen LogP contribution in [0.5, 0.6) is 0 Å². The van der Waals surface area contributed by atoms with E-state index in [0.717, 1.165) is 23.0 Å². The number of hydrogen-bond acceptors (Lipinski definition) is 3. The quantitative estimate of drug-likeness (QED) is 0.838. The van der Waals surface area contributed by atoms with E-state index in [1.807, 2.05) is 36.4 Å². The van der Waals surface area contributed by atoms with Gasteiger partial charge in [-0.15, -0.1) is 0 Å². The van der Waals surface area contributed by atoms with Crippen molar-refractivity contribution in [3.8, 4) is 6.07 Å². The van der Waals surface area contributed by atoms with Crippen LogP contribution in [-0.2, 0) is 4.79 Å². The Kier molecular flexibility index (Phi) is 2.81. The van der Waals surface area contributed by atoms with Crippen LogP contribution in [0.4, 0.5) is 5.69 Å². The van der Waals surface area contributed by atoms with Crippen molar-refractivity contribution in [2.45, 2.75) is 0 Å². The van der Waals surface area contributed by atoms with Gasteiger partial charge in [-0.2, -0.15) is 5.26 Å². The molecule has 4 nitrogen and oxygen atoms in total. The molecule has 0 saturated carbocycles. The molecule has 1 amide bonds. The minimum absolute atomic E-state index is 0.0414. The van der Waals surface area contributed by atoms with Crippen molar-refractivity contribution in [3.05, 3.63) is 42.0 Å². The van der Waals surface area contributed by atoms with Gasteiger partial charge in [-0.3, -0.25) is 4.79 Å². The smallest absolute Gasteiger partial charge is 0.239 e. The van der Waals surface area contributed by atoms with Gasteiger partial charge in [0, 0.05) is 29.5 Å². The molecule has 1 fully saturated rings. The number of fused-ring (bicyclic) bond motifs is 1. The molecule has 0 aliphatic carbocycles. The molecule has 1 aliphatic rings. The Bertz CT molecular complexity index is 687. The molecular weight excluding hydrogens is 238 g/mol. The molecule has 1 aliphatic heterocycles. The molecule has 0 atom stereocenters. The van der Waals surface area contributed by atoms with Crippen LogP contribution in [-0.4, -0.2) is 25.5 Å². The van der Waals surface area contributed by atoms with Gasteiger partial charge in [0.15, 0.2) is 0 Å². The summed E-state index contributed by atoms with van der Waals surface area (Å²) in [5.41, 5.74) is 1.69. The van der Waals surface area contributed by atoms with E-state index in [2.05, 4.69) is 16.3 Å². The zero-order valence-electron chi connectivity index (χ0n) is 10.4. The number of nitriles is 1. The van der Waals surface area contributed by atoms with Crippen molar-refractivity contribution in [1.82, 2.24) is 5.32 Å². The zero-order valence-corrected chi connectivity index (χ0v) is 10.4. The molecule has 0 aromatic heterocycles. The van der Waals surface area contributed by atoms with Crippen molar-refractivity contribution in [2.24, 2.45) is 0 Å². The number of benzene rings is 2. The van der Waals surface area contributed by atoms with Gasteiger partial charge >= 0.3 is 0 Å². The largest absolute Gasteiger partial charge is 0.360 e. The third-order valence-corrected chi connectivity index (χ3v) is 3.40. The number of nitrogens with one attached hydrogen (secondary N) is 1. The molecule has 1 N–H and O–H groups in total. The summed E-state index contributed by atoms with van der Waals surface area (Å²) < 4.78 is 0. The van der Waals surface area contributed by atoms with Gasteiger partial charge in [0.05, 0.1) is 18.2 Å². The van der Waals surface area contributed by atoms with Crippen molar-refractivity contribution in [1.29, 1.82) is 5.26 Å².